The molecule has 2 saturated heterocycles. The highest BCUT2D eigenvalue weighted by Gasteiger charge is 2.38. The summed E-state index contributed by atoms with van der Waals surface area (Å²) in [7, 11) is 0. The topological polar surface area (TPSA) is 21.3 Å². The number of anilines is 1. The van der Waals surface area contributed by atoms with E-state index >= 15 is 0 Å². The summed E-state index contributed by atoms with van der Waals surface area (Å²) < 4.78 is 19.3. The molecule has 1 spiro atoms. The van der Waals surface area contributed by atoms with Gasteiger partial charge in [-0.15, -0.1) is 0 Å². The van der Waals surface area contributed by atoms with Crippen molar-refractivity contribution in [2.24, 2.45) is 0 Å². The molecule has 0 saturated carbocycles. The van der Waals surface area contributed by atoms with Crippen LogP contribution in [0.25, 0.3) is 0 Å². The van der Waals surface area contributed by atoms with Gasteiger partial charge in [-0.1, -0.05) is 6.07 Å². The van der Waals surface area contributed by atoms with Crippen molar-refractivity contribution >= 4 is 17.4 Å². The highest BCUT2D eigenvalue weighted by molar-refractivity contribution is 7.99. The van der Waals surface area contributed by atoms with Gasteiger partial charge in [-0.3, -0.25) is 0 Å². The summed E-state index contributed by atoms with van der Waals surface area (Å²) in [5, 5.41) is 3.47. The summed E-state index contributed by atoms with van der Waals surface area (Å²) in [6.45, 7) is 0.817. The van der Waals surface area contributed by atoms with E-state index in [1.165, 1.54) is 17.6 Å². The Balaban J connectivity index is 1.65. The number of rotatable bonds is 2. The fraction of sp³-hybridized carbons (Fsp3) is 0.600. The van der Waals surface area contributed by atoms with Crippen molar-refractivity contribution in [2.75, 3.05) is 23.4 Å². The van der Waals surface area contributed by atoms with E-state index < -0.39 is 0 Å². The van der Waals surface area contributed by atoms with Crippen LogP contribution in [-0.4, -0.2) is 29.8 Å². The molecule has 0 aliphatic carbocycles. The molecule has 2 nitrogen and oxygen atoms in total. The molecule has 104 valence electrons. The number of hydrogen-bond donors (Lipinski definition) is 1. The van der Waals surface area contributed by atoms with E-state index in [0.29, 0.717) is 6.04 Å². The Morgan fingerprint density at radius 3 is 2.95 bits per heavy atom. The molecule has 2 fully saturated rings. The second-order valence-corrected chi connectivity index (χ2v) is 6.71. The van der Waals surface area contributed by atoms with Crippen molar-refractivity contribution in [3.05, 3.63) is 30.1 Å². The second kappa shape index (κ2) is 5.71. The number of ether oxygens (including phenoxy) is 1. The molecule has 19 heavy (non-hydrogen) atoms. The summed E-state index contributed by atoms with van der Waals surface area (Å²) in [6.07, 6.45) is 4.35. The minimum atomic E-state index is -0.180. The lowest BCUT2D eigenvalue weighted by Crippen LogP contribution is -2.46. The van der Waals surface area contributed by atoms with Gasteiger partial charge in [-0.05, 0) is 55.4 Å². The van der Waals surface area contributed by atoms with Gasteiger partial charge in [-0.25, -0.2) is 4.39 Å². The Labute approximate surface area is 118 Å². The van der Waals surface area contributed by atoms with Crippen LogP contribution in [-0.2, 0) is 4.74 Å². The lowest BCUT2D eigenvalue weighted by Gasteiger charge is -2.43. The van der Waals surface area contributed by atoms with Crippen LogP contribution in [0.1, 0.15) is 25.7 Å². The molecular weight excluding hydrogens is 261 g/mol. The molecular formula is C15H20FNOS. The van der Waals surface area contributed by atoms with Crippen LogP contribution >= 0.6 is 11.8 Å². The second-order valence-electron chi connectivity index (χ2n) is 5.49. The molecule has 0 amide bonds. The minimum Gasteiger partial charge on any atom is -0.382 e. The van der Waals surface area contributed by atoms with Gasteiger partial charge in [-0.2, -0.15) is 11.8 Å². The number of thioether (sulfide) groups is 1. The molecule has 1 unspecified atom stereocenters. The molecule has 2 aliphatic rings. The first-order chi connectivity index (χ1) is 9.26. The number of halogens is 1. The van der Waals surface area contributed by atoms with E-state index in [9.17, 15) is 4.39 Å². The average Bonchev–Trinajstić information content (AvgIpc) is 2.40. The van der Waals surface area contributed by atoms with Crippen molar-refractivity contribution in [3.8, 4) is 0 Å². The average molecular weight is 281 g/mol. The highest BCUT2D eigenvalue weighted by atomic mass is 32.2. The quantitative estimate of drug-likeness (QED) is 0.893. The molecule has 0 radical (unpaired) electrons. The van der Waals surface area contributed by atoms with Crippen LogP contribution in [0.3, 0.4) is 0 Å². The van der Waals surface area contributed by atoms with Crippen molar-refractivity contribution in [1.29, 1.82) is 0 Å². The van der Waals surface area contributed by atoms with Crippen LogP contribution in [0.2, 0.25) is 0 Å². The molecule has 2 aliphatic heterocycles. The molecule has 1 N–H and O–H groups in total. The Bertz CT molecular complexity index is 428. The van der Waals surface area contributed by atoms with Crippen LogP contribution in [0.4, 0.5) is 10.1 Å². The summed E-state index contributed by atoms with van der Waals surface area (Å²) in [4.78, 5) is 0. The summed E-state index contributed by atoms with van der Waals surface area (Å²) in [5.74, 6) is 2.22. The maximum atomic E-state index is 13.2. The number of hydrogen-bond acceptors (Lipinski definition) is 3. The molecule has 0 aromatic heterocycles. The zero-order chi connectivity index (χ0) is 13.1. The predicted molar refractivity (Wildman–Crippen MR) is 78.3 cm³/mol. The van der Waals surface area contributed by atoms with E-state index in [4.69, 9.17) is 4.74 Å². The zero-order valence-corrected chi connectivity index (χ0v) is 11.8. The third-order valence-electron chi connectivity index (χ3n) is 4.09. The molecule has 1 atom stereocenters. The van der Waals surface area contributed by atoms with E-state index in [-0.39, 0.29) is 11.4 Å². The first-order valence-corrected chi connectivity index (χ1v) is 8.15. The van der Waals surface area contributed by atoms with Gasteiger partial charge in [0, 0.05) is 18.3 Å². The van der Waals surface area contributed by atoms with Crippen LogP contribution in [0, 0.1) is 5.82 Å². The highest BCUT2D eigenvalue weighted by Crippen LogP contribution is 2.38. The first-order valence-electron chi connectivity index (χ1n) is 7.00. The van der Waals surface area contributed by atoms with Crippen molar-refractivity contribution < 1.29 is 9.13 Å². The minimum absolute atomic E-state index is 0.0779. The smallest absolute Gasteiger partial charge is 0.125 e. The van der Waals surface area contributed by atoms with Crippen molar-refractivity contribution in [3.63, 3.8) is 0 Å². The summed E-state index contributed by atoms with van der Waals surface area (Å²) in [6, 6.07) is 7.14. The zero-order valence-electron chi connectivity index (χ0n) is 11.0. The van der Waals surface area contributed by atoms with E-state index in [0.717, 1.165) is 38.0 Å². The van der Waals surface area contributed by atoms with Gasteiger partial charge in [0.05, 0.1) is 5.60 Å². The normalized spacial score (nSPS) is 26.3. The van der Waals surface area contributed by atoms with Gasteiger partial charge in [0.25, 0.3) is 0 Å². The SMILES string of the molecule is Fc1cccc(NC2CCOC3(CCSCC3)C2)c1. The molecule has 4 heteroatoms. The van der Waals surface area contributed by atoms with Crippen LogP contribution < -0.4 is 5.32 Å². The largest absolute Gasteiger partial charge is 0.382 e. The molecule has 1 aromatic rings. The van der Waals surface area contributed by atoms with Gasteiger partial charge >= 0.3 is 0 Å². The monoisotopic (exact) mass is 281 g/mol. The van der Waals surface area contributed by atoms with Crippen molar-refractivity contribution in [1.82, 2.24) is 0 Å². The maximum absolute atomic E-state index is 13.2. The Morgan fingerprint density at radius 1 is 1.32 bits per heavy atom. The summed E-state index contributed by atoms with van der Waals surface area (Å²) >= 11 is 2.02. The van der Waals surface area contributed by atoms with Gasteiger partial charge < -0.3 is 10.1 Å². The van der Waals surface area contributed by atoms with E-state index in [2.05, 4.69) is 5.32 Å². The first kappa shape index (κ1) is 13.3. The molecule has 2 heterocycles. The Morgan fingerprint density at radius 2 is 2.16 bits per heavy atom. The lowest BCUT2D eigenvalue weighted by atomic mass is 9.85. The fourth-order valence-electron chi connectivity index (χ4n) is 3.06. The van der Waals surface area contributed by atoms with E-state index in [1.807, 2.05) is 17.8 Å². The Kier molecular flexibility index (Phi) is 3.99. The number of benzene rings is 1. The molecule has 0 bridgehead atoms. The van der Waals surface area contributed by atoms with Gasteiger partial charge in [0.2, 0.25) is 0 Å². The van der Waals surface area contributed by atoms with Crippen LogP contribution in [0.15, 0.2) is 24.3 Å². The van der Waals surface area contributed by atoms with E-state index in [1.54, 1.807) is 12.1 Å². The third kappa shape index (κ3) is 3.23. The number of nitrogens with one attached hydrogen (secondary N) is 1. The standard InChI is InChI=1S/C15H20FNOS/c16-12-2-1-3-13(10-12)17-14-4-7-18-15(11-14)5-8-19-9-6-15/h1-3,10,14,17H,4-9,11H2. The fourth-order valence-corrected chi connectivity index (χ4v) is 4.29. The van der Waals surface area contributed by atoms with Gasteiger partial charge in [0.15, 0.2) is 0 Å². The molecule has 1 aromatic carbocycles. The maximum Gasteiger partial charge on any atom is 0.125 e. The summed E-state index contributed by atoms with van der Waals surface area (Å²) in [5.41, 5.74) is 0.960. The lowest BCUT2D eigenvalue weighted by molar-refractivity contribution is -0.0865. The predicted octanol–water partition coefficient (Wildman–Crippen LogP) is 3.68. The molecule has 3 rings (SSSR count). The van der Waals surface area contributed by atoms with Crippen molar-refractivity contribution in [2.45, 2.75) is 37.3 Å². The third-order valence-corrected chi connectivity index (χ3v) is 5.08. The van der Waals surface area contributed by atoms with Crippen LogP contribution in [0.5, 0.6) is 0 Å². The Hall–Kier alpha value is -0.740. The van der Waals surface area contributed by atoms with Gasteiger partial charge in [0.1, 0.15) is 5.82 Å².